The molecule has 1 heteroatoms. The van der Waals surface area contributed by atoms with Gasteiger partial charge in [-0.25, -0.2) is 0 Å². The number of rotatable bonds is 1. The van der Waals surface area contributed by atoms with Crippen LogP contribution >= 0.6 is 22.6 Å². The van der Waals surface area contributed by atoms with Crippen molar-refractivity contribution in [2.24, 2.45) is 0 Å². The van der Waals surface area contributed by atoms with E-state index in [0.29, 0.717) is 0 Å². The SMILES string of the molecule is IC1CCCCC1c1ccccc1. The second-order valence-corrected chi connectivity index (χ2v) is 5.42. The van der Waals surface area contributed by atoms with Crippen molar-refractivity contribution in [1.29, 1.82) is 0 Å². The van der Waals surface area contributed by atoms with E-state index in [1.54, 1.807) is 5.56 Å². The third-order valence-electron chi connectivity index (χ3n) is 2.91. The molecule has 2 rings (SSSR count). The summed E-state index contributed by atoms with van der Waals surface area (Å²) in [6.45, 7) is 0. The molecule has 2 atom stereocenters. The third-order valence-corrected chi connectivity index (χ3v) is 4.40. The standard InChI is InChI=1S/C12H15I/c13-12-9-5-4-8-11(12)10-6-2-1-3-7-10/h1-3,6-7,11-12H,4-5,8-9H2. The zero-order chi connectivity index (χ0) is 9.10. The van der Waals surface area contributed by atoms with Crippen LogP contribution < -0.4 is 0 Å². The molecule has 1 aliphatic rings. The largest absolute Gasteiger partial charge is 0.0820 e. The summed E-state index contributed by atoms with van der Waals surface area (Å²) in [5.41, 5.74) is 1.54. The fraction of sp³-hybridized carbons (Fsp3) is 0.500. The number of hydrogen-bond donors (Lipinski definition) is 0. The Morgan fingerprint density at radius 2 is 1.69 bits per heavy atom. The Labute approximate surface area is 93.9 Å². The Kier molecular flexibility index (Phi) is 3.25. The molecular formula is C12H15I. The molecule has 0 amide bonds. The molecule has 2 unspecified atom stereocenters. The van der Waals surface area contributed by atoms with Crippen LogP contribution in [0.4, 0.5) is 0 Å². The van der Waals surface area contributed by atoms with Crippen LogP contribution in [0.1, 0.15) is 37.2 Å². The van der Waals surface area contributed by atoms with Crippen molar-refractivity contribution in [3.05, 3.63) is 35.9 Å². The first kappa shape index (κ1) is 9.50. The van der Waals surface area contributed by atoms with E-state index in [-0.39, 0.29) is 0 Å². The summed E-state index contributed by atoms with van der Waals surface area (Å²) in [5.74, 6) is 0.815. The van der Waals surface area contributed by atoms with Crippen molar-refractivity contribution in [3.8, 4) is 0 Å². The molecule has 1 aromatic rings. The van der Waals surface area contributed by atoms with E-state index in [4.69, 9.17) is 0 Å². The summed E-state index contributed by atoms with van der Waals surface area (Å²) >= 11 is 2.62. The van der Waals surface area contributed by atoms with Gasteiger partial charge in [-0.3, -0.25) is 0 Å². The minimum Gasteiger partial charge on any atom is -0.0820 e. The first-order chi connectivity index (χ1) is 6.38. The molecule has 13 heavy (non-hydrogen) atoms. The van der Waals surface area contributed by atoms with E-state index >= 15 is 0 Å². The summed E-state index contributed by atoms with van der Waals surface area (Å²) in [6, 6.07) is 11.0. The predicted octanol–water partition coefficient (Wildman–Crippen LogP) is 4.15. The maximum atomic E-state index is 2.62. The number of alkyl halides is 1. The van der Waals surface area contributed by atoms with Gasteiger partial charge in [-0.15, -0.1) is 0 Å². The molecule has 0 radical (unpaired) electrons. The summed E-state index contributed by atoms with van der Waals surface area (Å²) in [6.07, 6.45) is 5.63. The van der Waals surface area contributed by atoms with E-state index in [0.717, 1.165) is 9.84 Å². The molecule has 0 saturated heterocycles. The second-order valence-electron chi connectivity index (χ2n) is 3.82. The average Bonchev–Trinajstić information content (AvgIpc) is 2.20. The quantitative estimate of drug-likeness (QED) is 0.537. The van der Waals surface area contributed by atoms with Crippen LogP contribution in [0.5, 0.6) is 0 Å². The van der Waals surface area contributed by atoms with Crippen molar-refractivity contribution < 1.29 is 0 Å². The molecule has 0 bridgehead atoms. The molecule has 0 heterocycles. The lowest BCUT2D eigenvalue weighted by Crippen LogP contribution is -2.16. The molecule has 0 aromatic heterocycles. The van der Waals surface area contributed by atoms with E-state index in [9.17, 15) is 0 Å². The summed E-state index contributed by atoms with van der Waals surface area (Å²) in [5, 5.41) is 0. The van der Waals surface area contributed by atoms with E-state index in [1.165, 1.54) is 25.7 Å². The molecule has 0 aliphatic heterocycles. The zero-order valence-electron chi connectivity index (χ0n) is 7.75. The molecule has 1 saturated carbocycles. The summed E-state index contributed by atoms with van der Waals surface area (Å²) in [4.78, 5) is 0. The van der Waals surface area contributed by atoms with Gasteiger partial charge in [0.1, 0.15) is 0 Å². The highest BCUT2D eigenvalue weighted by Crippen LogP contribution is 2.37. The highest BCUT2D eigenvalue weighted by atomic mass is 127. The molecule has 1 fully saturated rings. The van der Waals surface area contributed by atoms with Gasteiger partial charge in [0.15, 0.2) is 0 Å². The normalized spacial score (nSPS) is 28.7. The highest BCUT2D eigenvalue weighted by molar-refractivity contribution is 14.1. The lowest BCUT2D eigenvalue weighted by atomic mass is 9.84. The van der Waals surface area contributed by atoms with Gasteiger partial charge in [-0.05, 0) is 24.3 Å². The fourth-order valence-corrected chi connectivity index (χ4v) is 3.38. The van der Waals surface area contributed by atoms with Gasteiger partial charge in [0.05, 0.1) is 0 Å². The van der Waals surface area contributed by atoms with Gasteiger partial charge >= 0.3 is 0 Å². The van der Waals surface area contributed by atoms with Crippen LogP contribution in [-0.2, 0) is 0 Å². The molecule has 1 aromatic carbocycles. The first-order valence-corrected chi connectivity index (χ1v) is 6.31. The summed E-state index contributed by atoms with van der Waals surface area (Å²) in [7, 11) is 0. The Hall–Kier alpha value is -0.0500. The van der Waals surface area contributed by atoms with Crippen molar-refractivity contribution >= 4 is 22.6 Å². The zero-order valence-corrected chi connectivity index (χ0v) is 9.91. The molecule has 70 valence electrons. The lowest BCUT2D eigenvalue weighted by Gasteiger charge is -2.27. The Bertz CT molecular complexity index is 255. The van der Waals surface area contributed by atoms with Crippen LogP contribution in [0.25, 0.3) is 0 Å². The lowest BCUT2D eigenvalue weighted by molar-refractivity contribution is 0.467. The Morgan fingerprint density at radius 1 is 1.00 bits per heavy atom. The van der Waals surface area contributed by atoms with Gasteiger partial charge in [0.2, 0.25) is 0 Å². The van der Waals surface area contributed by atoms with Gasteiger partial charge in [-0.2, -0.15) is 0 Å². The van der Waals surface area contributed by atoms with Crippen LogP contribution in [0, 0.1) is 0 Å². The minimum absolute atomic E-state index is 0.815. The average molecular weight is 286 g/mol. The summed E-state index contributed by atoms with van der Waals surface area (Å²) < 4.78 is 0.855. The van der Waals surface area contributed by atoms with Crippen LogP contribution in [-0.4, -0.2) is 3.92 Å². The molecule has 0 nitrogen and oxygen atoms in total. The fourth-order valence-electron chi connectivity index (χ4n) is 2.16. The topological polar surface area (TPSA) is 0 Å². The van der Waals surface area contributed by atoms with E-state index in [2.05, 4.69) is 52.9 Å². The predicted molar refractivity (Wildman–Crippen MR) is 65.5 cm³/mol. The monoisotopic (exact) mass is 286 g/mol. The minimum atomic E-state index is 0.815. The number of benzene rings is 1. The van der Waals surface area contributed by atoms with Crippen molar-refractivity contribution in [2.75, 3.05) is 0 Å². The molecule has 1 aliphatic carbocycles. The number of hydrogen-bond acceptors (Lipinski definition) is 0. The number of halogens is 1. The van der Waals surface area contributed by atoms with Crippen molar-refractivity contribution in [1.82, 2.24) is 0 Å². The Morgan fingerprint density at radius 3 is 2.38 bits per heavy atom. The van der Waals surface area contributed by atoms with Crippen LogP contribution in [0.3, 0.4) is 0 Å². The van der Waals surface area contributed by atoms with Crippen LogP contribution in [0.2, 0.25) is 0 Å². The van der Waals surface area contributed by atoms with Crippen molar-refractivity contribution in [2.45, 2.75) is 35.5 Å². The second kappa shape index (κ2) is 4.45. The smallest absolute Gasteiger partial charge is 0.0178 e. The van der Waals surface area contributed by atoms with Crippen molar-refractivity contribution in [3.63, 3.8) is 0 Å². The van der Waals surface area contributed by atoms with Gasteiger partial charge in [-0.1, -0.05) is 65.8 Å². The molecular weight excluding hydrogens is 271 g/mol. The third kappa shape index (κ3) is 2.25. The van der Waals surface area contributed by atoms with Crippen LogP contribution in [0.15, 0.2) is 30.3 Å². The van der Waals surface area contributed by atoms with Gasteiger partial charge in [0.25, 0.3) is 0 Å². The van der Waals surface area contributed by atoms with E-state index < -0.39 is 0 Å². The van der Waals surface area contributed by atoms with Gasteiger partial charge < -0.3 is 0 Å². The first-order valence-electron chi connectivity index (χ1n) is 5.07. The van der Waals surface area contributed by atoms with E-state index in [1.807, 2.05) is 0 Å². The maximum Gasteiger partial charge on any atom is 0.0178 e. The Balaban J connectivity index is 2.15. The maximum absolute atomic E-state index is 2.62. The molecule has 0 spiro atoms. The molecule has 0 N–H and O–H groups in total. The van der Waals surface area contributed by atoms with Gasteiger partial charge in [0, 0.05) is 3.92 Å². The highest BCUT2D eigenvalue weighted by Gasteiger charge is 2.23.